The third-order valence-corrected chi connectivity index (χ3v) is 4.44. The van der Waals surface area contributed by atoms with Crippen molar-refractivity contribution in [1.29, 1.82) is 0 Å². The van der Waals surface area contributed by atoms with Crippen LogP contribution in [-0.4, -0.2) is 10.7 Å². The molecular formula is C13H26O. The number of aliphatic hydroxyl groups is 1. The van der Waals surface area contributed by atoms with Gasteiger partial charge in [-0.05, 0) is 42.9 Å². The fourth-order valence-electron chi connectivity index (χ4n) is 2.90. The van der Waals surface area contributed by atoms with Crippen LogP contribution in [0.5, 0.6) is 0 Å². The first-order valence-electron chi connectivity index (χ1n) is 6.10. The van der Waals surface area contributed by atoms with E-state index < -0.39 is 5.60 Å². The van der Waals surface area contributed by atoms with Crippen LogP contribution >= 0.6 is 0 Å². The second-order valence-corrected chi connectivity index (χ2v) is 5.80. The Morgan fingerprint density at radius 1 is 1.21 bits per heavy atom. The van der Waals surface area contributed by atoms with Crippen LogP contribution in [0.1, 0.15) is 53.9 Å². The summed E-state index contributed by atoms with van der Waals surface area (Å²) in [6, 6.07) is 0. The Morgan fingerprint density at radius 2 is 1.79 bits per heavy atom. The lowest BCUT2D eigenvalue weighted by Crippen LogP contribution is -2.48. The summed E-state index contributed by atoms with van der Waals surface area (Å²) < 4.78 is 0. The quantitative estimate of drug-likeness (QED) is 0.720. The summed E-state index contributed by atoms with van der Waals surface area (Å²) in [6.07, 6.45) is 3.38. The SMILES string of the molecule is CC1CCC(O)(C(C)C(C)C)C(C)C1. The molecule has 1 fully saturated rings. The summed E-state index contributed by atoms with van der Waals surface area (Å²) in [5.41, 5.74) is -0.402. The first-order valence-corrected chi connectivity index (χ1v) is 6.10. The van der Waals surface area contributed by atoms with Gasteiger partial charge in [0.15, 0.2) is 0 Å². The molecule has 0 heterocycles. The second kappa shape index (κ2) is 4.22. The monoisotopic (exact) mass is 198 g/mol. The van der Waals surface area contributed by atoms with Crippen molar-refractivity contribution < 1.29 is 5.11 Å². The predicted molar refractivity (Wildman–Crippen MR) is 61.1 cm³/mol. The lowest BCUT2D eigenvalue weighted by Gasteiger charge is -2.46. The molecule has 0 bridgehead atoms. The van der Waals surface area contributed by atoms with Crippen LogP contribution in [0, 0.1) is 23.7 Å². The van der Waals surface area contributed by atoms with Crippen molar-refractivity contribution in [2.45, 2.75) is 59.5 Å². The fourth-order valence-corrected chi connectivity index (χ4v) is 2.90. The molecule has 14 heavy (non-hydrogen) atoms. The van der Waals surface area contributed by atoms with Crippen LogP contribution in [0.2, 0.25) is 0 Å². The molecule has 0 aliphatic heterocycles. The van der Waals surface area contributed by atoms with E-state index >= 15 is 0 Å². The van der Waals surface area contributed by atoms with Gasteiger partial charge >= 0.3 is 0 Å². The Morgan fingerprint density at radius 3 is 2.21 bits per heavy atom. The highest BCUT2D eigenvalue weighted by Gasteiger charge is 2.43. The molecule has 0 radical (unpaired) electrons. The molecule has 4 atom stereocenters. The molecule has 4 unspecified atom stereocenters. The smallest absolute Gasteiger partial charge is 0.0701 e. The summed E-state index contributed by atoms with van der Waals surface area (Å²) in [4.78, 5) is 0. The molecule has 84 valence electrons. The first-order chi connectivity index (χ1) is 6.38. The highest BCUT2D eigenvalue weighted by atomic mass is 16.3. The molecule has 1 nitrogen and oxygen atoms in total. The fraction of sp³-hybridized carbons (Fsp3) is 1.00. The van der Waals surface area contributed by atoms with Gasteiger partial charge in [0.2, 0.25) is 0 Å². The van der Waals surface area contributed by atoms with E-state index in [1.54, 1.807) is 0 Å². The van der Waals surface area contributed by atoms with E-state index in [0.717, 1.165) is 12.3 Å². The largest absolute Gasteiger partial charge is 0.389 e. The maximum absolute atomic E-state index is 10.7. The van der Waals surface area contributed by atoms with Crippen molar-refractivity contribution >= 4 is 0 Å². The number of rotatable bonds is 2. The van der Waals surface area contributed by atoms with Crippen molar-refractivity contribution in [2.75, 3.05) is 0 Å². The average Bonchev–Trinajstić information content (AvgIpc) is 2.10. The lowest BCUT2D eigenvalue weighted by molar-refractivity contribution is -0.105. The van der Waals surface area contributed by atoms with E-state index in [-0.39, 0.29) is 0 Å². The zero-order valence-corrected chi connectivity index (χ0v) is 10.4. The van der Waals surface area contributed by atoms with E-state index in [2.05, 4.69) is 34.6 Å². The zero-order chi connectivity index (χ0) is 10.9. The first kappa shape index (κ1) is 12.0. The van der Waals surface area contributed by atoms with Gasteiger partial charge in [-0.3, -0.25) is 0 Å². The normalized spacial score (nSPS) is 41.4. The lowest BCUT2D eigenvalue weighted by atomic mass is 9.64. The van der Waals surface area contributed by atoms with Crippen molar-refractivity contribution in [1.82, 2.24) is 0 Å². The highest BCUT2D eigenvalue weighted by molar-refractivity contribution is 4.94. The van der Waals surface area contributed by atoms with E-state index in [1.807, 2.05) is 0 Å². The van der Waals surface area contributed by atoms with Crippen LogP contribution in [0.3, 0.4) is 0 Å². The Bertz CT molecular complexity index is 188. The van der Waals surface area contributed by atoms with Gasteiger partial charge in [-0.1, -0.05) is 34.6 Å². The number of hydrogen-bond acceptors (Lipinski definition) is 1. The molecule has 1 saturated carbocycles. The molecule has 1 aliphatic rings. The van der Waals surface area contributed by atoms with Gasteiger partial charge < -0.3 is 5.11 Å². The van der Waals surface area contributed by atoms with Gasteiger partial charge in [0.25, 0.3) is 0 Å². The van der Waals surface area contributed by atoms with E-state index in [4.69, 9.17) is 0 Å². The standard InChI is InChI=1S/C13H26O/c1-9(2)12(5)13(14)7-6-10(3)8-11(13)4/h9-12,14H,6-8H2,1-5H3. The van der Waals surface area contributed by atoms with Crippen LogP contribution in [0.25, 0.3) is 0 Å². The maximum atomic E-state index is 10.7. The number of hydrogen-bond donors (Lipinski definition) is 1. The van der Waals surface area contributed by atoms with Crippen LogP contribution in [-0.2, 0) is 0 Å². The maximum Gasteiger partial charge on any atom is 0.0701 e. The Hall–Kier alpha value is -0.0400. The third kappa shape index (κ3) is 2.13. The molecule has 1 rings (SSSR count). The van der Waals surface area contributed by atoms with Gasteiger partial charge in [0, 0.05) is 0 Å². The minimum Gasteiger partial charge on any atom is -0.389 e. The molecule has 0 aromatic heterocycles. The molecule has 1 N–H and O–H groups in total. The molecule has 0 spiro atoms. The molecule has 0 amide bonds. The van der Waals surface area contributed by atoms with Crippen molar-refractivity contribution in [2.24, 2.45) is 23.7 Å². The zero-order valence-electron chi connectivity index (χ0n) is 10.4. The van der Waals surface area contributed by atoms with Crippen LogP contribution in [0.4, 0.5) is 0 Å². The van der Waals surface area contributed by atoms with Gasteiger partial charge in [-0.15, -0.1) is 0 Å². The Balaban J connectivity index is 2.73. The van der Waals surface area contributed by atoms with Gasteiger partial charge in [0.1, 0.15) is 0 Å². The molecular weight excluding hydrogens is 172 g/mol. The van der Waals surface area contributed by atoms with Gasteiger partial charge in [0.05, 0.1) is 5.60 Å². The minimum absolute atomic E-state index is 0.402. The minimum atomic E-state index is -0.402. The molecule has 0 aromatic rings. The van der Waals surface area contributed by atoms with E-state index in [1.165, 1.54) is 12.8 Å². The third-order valence-electron chi connectivity index (χ3n) is 4.44. The molecule has 1 heteroatoms. The summed E-state index contributed by atoms with van der Waals surface area (Å²) in [5, 5.41) is 10.7. The second-order valence-electron chi connectivity index (χ2n) is 5.80. The molecule has 0 saturated heterocycles. The Labute approximate surface area is 88.9 Å². The van der Waals surface area contributed by atoms with Crippen molar-refractivity contribution in [3.8, 4) is 0 Å². The van der Waals surface area contributed by atoms with Crippen molar-refractivity contribution in [3.05, 3.63) is 0 Å². The summed E-state index contributed by atoms with van der Waals surface area (Å²) in [5.74, 6) is 2.26. The molecule has 1 aliphatic carbocycles. The van der Waals surface area contributed by atoms with E-state index in [9.17, 15) is 5.11 Å². The topological polar surface area (TPSA) is 20.2 Å². The van der Waals surface area contributed by atoms with Gasteiger partial charge in [-0.25, -0.2) is 0 Å². The summed E-state index contributed by atoms with van der Waals surface area (Å²) in [6.45, 7) is 11.2. The highest BCUT2D eigenvalue weighted by Crippen LogP contribution is 2.43. The average molecular weight is 198 g/mol. The van der Waals surface area contributed by atoms with Gasteiger partial charge in [-0.2, -0.15) is 0 Å². The van der Waals surface area contributed by atoms with E-state index in [0.29, 0.717) is 17.8 Å². The van der Waals surface area contributed by atoms with Crippen LogP contribution < -0.4 is 0 Å². The molecule has 0 aromatic carbocycles. The summed E-state index contributed by atoms with van der Waals surface area (Å²) >= 11 is 0. The van der Waals surface area contributed by atoms with Crippen molar-refractivity contribution in [3.63, 3.8) is 0 Å². The Kier molecular flexibility index (Phi) is 3.63. The summed E-state index contributed by atoms with van der Waals surface area (Å²) in [7, 11) is 0. The predicted octanol–water partition coefficient (Wildman–Crippen LogP) is 3.47. The van der Waals surface area contributed by atoms with Crippen LogP contribution in [0.15, 0.2) is 0 Å².